The molecule has 1 aliphatic rings. The number of imidazole rings is 1. The quantitative estimate of drug-likeness (QED) is 0.405. The van der Waals surface area contributed by atoms with E-state index in [1.54, 1.807) is 16.2 Å². The first-order chi connectivity index (χ1) is 15.0. The van der Waals surface area contributed by atoms with Crippen molar-refractivity contribution < 1.29 is 9.53 Å². The third-order valence-electron chi connectivity index (χ3n) is 5.29. The minimum absolute atomic E-state index is 0.322. The Kier molecular flexibility index (Phi) is 5.03. The van der Waals surface area contributed by atoms with Crippen molar-refractivity contribution in [3.63, 3.8) is 0 Å². The minimum atomic E-state index is -0.322. The van der Waals surface area contributed by atoms with E-state index in [0.29, 0.717) is 18.2 Å². The second-order valence-corrected chi connectivity index (χ2v) is 8.47. The molecule has 1 fully saturated rings. The van der Waals surface area contributed by atoms with Gasteiger partial charge >= 0.3 is 6.09 Å². The number of fused-ring (bicyclic) bond motifs is 1. The van der Waals surface area contributed by atoms with Gasteiger partial charge in [-0.3, -0.25) is 9.30 Å². The molecule has 0 radical (unpaired) electrons. The Balaban J connectivity index is 1.55. The SMILES string of the molecule is CCc1nc2ccc(N3CCOC3=O)cn2c1N(C)c1nc(-c2ccc(Cl)cc2)cs1. The highest BCUT2D eigenvalue weighted by Crippen LogP contribution is 2.34. The van der Waals surface area contributed by atoms with Gasteiger partial charge in [0.15, 0.2) is 5.13 Å². The summed E-state index contributed by atoms with van der Waals surface area (Å²) in [6, 6.07) is 11.5. The minimum Gasteiger partial charge on any atom is -0.447 e. The van der Waals surface area contributed by atoms with Gasteiger partial charge in [-0.2, -0.15) is 0 Å². The fraction of sp³-hybridized carbons (Fsp3) is 0.227. The van der Waals surface area contributed by atoms with E-state index in [9.17, 15) is 4.79 Å². The molecule has 1 aliphatic heterocycles. The number of amides is 1. The van der Waals surface area contributed by atoms with Crippen molar-refractivity contribution in [2.45, 2.75) is 13.3 Å². The van der Waals surface area contributed by atoms with E-state index in [4.69, 9.17) is 26.3 Å². The molecular weight excluding hydrogens is 434 g/mol. The molecule has 0 bridgehead atoms. The van der Waals surface area contributed by atoms with Crippen LogP contribution in [-0.2, 0) is 11.2 Å². The summed E-state index contributed by atoms with van der Waals surface area (Å²) in [6.45, 7) is 3.03. The Morgan fingerprint density at radius 3 is 2.71 bits per heavy atom. The molecule has 0 spiro atoms. The van der Waals surface area contributed by atoms with Gasteiger partial charge in [0.1, 0.15) is 18.1 Å². The number of aryl methyl sites for hydroxylation is 1. The Morgan fingerprint density at radius 2 is 2.00 bits per heavy atom. The molecule has 31 heavy (non-hydrogen) atoms. The number of ether oxygens (including phenoxy) is 1. The highest BCUT2D eigenvalue weighted by molar-refractivity contribution is 7.14. The van der Waals surface area contributed by atoms with Crippen molar-refractivity contribution in [1.29, 1.82) is 0 Å². The molecule has 0 aliphatic carbocycles. The molecule has 1 amide bonds. The van der Waals surface area contributed by atoms with Gasteiger partial charge in [-0.25, -0.2) is 14.8 Å². The van der Waals surface area contributed by atoms with E-state index in [0.717, 1.165) is 45.7 Å². The lowest BCUT2D eigenvalue weighted by atomic mass is 10.2. The van der Waals surface area contributed by atoms with Gasteiger partial charge in [0.05, 0.1) is 23.6 Å². The van der Waals surface area contributed by atoms with Gasteiger partial charge in [-0.05, 0) is 30.7 Å². The van der Waals surface area contributed by atoms with Gasteiger partial charge in [-0.15, -0.1) is 11.3 Å². The van der Waals surface area contributed by atoms with Crippen LogP contribution < -0.4 is 9.80 Å². The number of aromatic nitrogens is 3. The lowest BCUT2D eigenvalue weighted by Gasteiger charge is -2.18. The van der Waals surface area contributed by atoms with E-state index >= 15 is 0 Å². The molecule has 5 rings (SSSR count). The van der Waals surface area contributed by atoms with Gasteiger partial charge in [-0.1, -0.05) is 30.7 Å². The van der Waals surface area contributed by atoms with Crippen molar-refractivity contribution in [3.05, 3.63) is 58.7 Å². The fourth-order valence-electron chi connectivity index (χ4n) is 3.71. The van der Waals surface area contributed by atoms with Crippen LogP contribution in [0.5, 0.6) is 0 Å². The average molecular weight is 454 g/mol. The summed E-state index contributed by atoms with van der Waals surface area (Å²) in [4.78, 5) is 25.3. The molecule has 3 aromatic heterocycles. The molecule has 1 aromatic carbocycles. The van der Waals surface area contributed by atoms with Crippen molar-refractivity contribution in [1.82, 2.24) is 14.4 Å². The molecule has 1 saturated heterocycles. The predicted octanol–water partition coefficient (Wildman–Crippen LogP) is 5.40. The highest BCUT2D eigenvalue weighted by Gasteiger charge is 2.25. The van der Waals surface area contributed by atoms with Crippen LogP contribution >= 0.6 is 22.9 Å². The summed E-state index contributed by atoms with van der Waals surface area (Å²) < 4.78 is 7.11. The number of benzene rings is 1. The van der Waals surface area contributed by atoms with E-state index in [1.165, 1.54) is 0 Å². The maximum absolute atomic E-state index is 12.0. The number of hydrogen-bond acceptors (Lipinski definition) is 6. The topological polar surface area (TPSA) is 63.0 Å². The number of anilines is 3. The van der Waals surface area contributed by atoms with Crippen LogP contribution in [0.15, 0.2) is 48.0 Å². The van der Waals surface area contributed by atoms with Gasteiger partial charge < -0.3 is 9.64 Å². The molecule has 7 nitrogen and oxygen atoms in total. The summed E-state index contributed by atoms with van der Waals surface area (Å²) in [5, 5.41) is 3.59. The first-order valence-electron chi connectivity index (χ1n) is 9.95. The monoisotopic (exact) mass is 453 g/mol. The molecular formula is C22H20ClN5O2S. The maximum atomic E-state index is 12.0. The zero-order valence-electron chi connectivity index (χ0n) is 17.1. The van der Waals surface area contributed by atoms with Crippen LogP contribution in [0.25, 0.3) is 16.9 Å². The van der Waals surface area contributed by atoms with Gasteiger partial charge in [0.25, 0.3) is 0 Å². The molecule has 158 valence electrons. The molecule has 0 N–H and O–H groups in total. The molecule has 0 saturated carbocycles. The van der Waals surface area contributed by atoms with E-state index in [-0.39, 0.29) is 6.09 Å². The summed E-state index contributed by atoms with van der Waals surface area (Å²) in [7, 11) is 1.99. The number of carbonyl (C=O) groups excluding carboxylic acids is 1. The molecule has 0 atom stereocenters. The number of hydrogen-bond donors (Lipinski definition) is 0. The van der Waals surface area contributed by atoms with Crippen molar-refractivity contribution >= 4 is 51.3 Å². The third kappa shape index (κ3) is 3.51. The number of carbonyl (C=O) groups is 1. The first kappa shape index (κ1) is 19.8. The Labute approximate surface area is 188 Å². The van der Waals surface area contributed by atoms with Crippen LogP contribution in [0.2, 0.25) is 5.02 Å². The summed E-state index contributed by atoms with van der Waals surface area (Å²) >= 11 is 7.58. The smallest absolute Gasteiger partial charge is 0.414 e. The normalized spacial score (nSPS) is 13.8. The number of nitrogens with zero attached hydrogens (tertiary/aromatic N) is 5. The highest BCUT2D eigenvalue weighted by atomic mass is 35.5. The average Bonchev–Trinajstić information content (AvgIpc) is 3.51. The second kappa shape index (κ2) is 7.86. The largest absolute Gasteiger partial charge is 0.447 e. The molecule has 4 aromatic rings. The molecule has 4 heterocycles. The zero-order valence-corrected chi connectivity index (χ0v) is 18.7. The van der Waals surface area contributed by atoms with E-state index < -0.39 is 0 Å². The van der Waals surface area contributed by atoms with Crippen LogP contribution in [0.4, 0.5) is 21.4 Å². The lowest BCUT2D eigenvalue weighted by molar-refractivity contribution is 0.181. The number of thiazole rings is 1. The third-order valence-corrected chi connectivity index (χ3v) is 6.46. The standard InChI is InChI=1S/C22H20ClN5O2S/c1-3-17-20(26(2)21-25-18(13-31-21)14-4-6-15(23)7-5-14)28-12-16(8-9-19(28)24-17)27-10-11-30-22(27)29/h4-9,12-13H,3,10-11H2,1-2H3. The second-order valence-electron chi connectivity index (χ2n) is 7.20. The van der Waals surface area contributed by atoms with Crippen LogP contribution in [0.1, 0.15) is 12.6 Å². The fourth-order valence-corrected chi connectivity index (χ4v) is 4.64. The Bertz CT molecular complexity index is 1270. The number of cyclic esters (lactones) is 1. The van der Waals surface area contributed by atoms with Gasteiger partial charge in [0, 0.05) is 29.2 Å². The number of pyridine rings is 1. The van der Waals surface area contributed by atoms with Crippen molar-refractivity contribution in [2.24, 2.45) is 0 Å². The number of rotatable bonds is 5. The maximum Gasteiger partial charge on any atom is 0.414 e. The first-order valence-corrected chi connectivity index (χ1v) is 11.2. The molecule has 0 unspecified atom stereocenters. The van der Waals surface area contributed by atoms with Crippen LogP contribution in [-0.4, -0.2) is 40.7 Å². The molecule has 9 heteroatoms. The summed E-state index contributed by atoms with van der Waals surface area (Å²) in [6.07, 6.45) is 2.39. The Morgan fingerprint density at radius 1 is 1.19 bits per heavy atom. The van der Waals surface area contributed by atoms with Crippen LogP contribution in [0.3, 0.4) is 0 Å². The van der Waals surface area contributed by atoms with Crippen molar-refractivity contribution in [3.8, 4) is 11.3 Å². The van der Waals surface area contributed by atoms with E-state index in [1.807, 2.05) is 59.4 Å². The summed E-state index contributed by atoms with van der Waals surface area (Å²) in [5.41, 5.74) is 4.49. The summed E-state index contributed by atoms with van der Waals surface area (Å²) in [5.74, 6) is 0.934. The van der Waals surface area contributed by atoms with Crippen LogP contribution in [0, 0.1) is 0 Å². The number of halogens is 1. The lowest BCUT2D eigenvalue weighted by Crippen LogP contribution is -2.23. The zero-order chi connectivity index (χ0) is 21.5. The van der Waals surface area contributed by atoms with Crippen molar-refractivity contribution in [2.75, 3.05) is 30.0 Å². The van der Waals surface area contributed by atoms with E-state index in [2.05, 4.69) is 11.8 Å². The predicted molar refractivity (Wildman–Crippen MR) is 124 cm³/mol. The van der Waals surface area contributed by atoms with Gasteiger partial charge in [0.2, 0.25) is 0 Å². The Hall–Kier alpha value is -3.10.